The van der Waals surface area contributed by atoms with E-state index in [-0.39, 0.29) is 10.8 Å². The first kappa shape index (κ1) is 21.3. The third-order valence-electron chi connectivity index (χ3n) is 5.43. The van der Waals surface area contributed by atoms with Crippen LogP contribution in [0.5, 0.6) is 0 Å². The summed E-state index contributed by atoms with van der Waals surface area (Å²) in [6.07, 6.45) is 6.25. The Balaban J connectivity index is 1.29. The van der Waals surface area contributed by atoms with Crippen LogP contribution in [0.2, 0.25) is 0 Å². The molecule has 2 heterocycles. The average molecular weight is 439 g/mol. The molecule has 1 fully saturated rings. The van der Waals surface area contributed by atoms with E-state index in [0.29, 0.717) is 25.2 Å². The van der Waals surface area contributed by atoms with Gasteiger partial charge in [-0.05, 0) is 43.5 Å². The minimum absolute atomic E-state index is 0.209. The van der Waals surface area contributed by atoms with Crippen LogP contribution in [-0.2, 0) is 16.6 Å². The van der Waals surface area contributed by atoms with Crippen molar-refractivity contribution in [2.45, 2.75) is 30.7 Å². The zero-order chi connectivity index (χ0) is 21.7. The number of carbonyl (C=O) groups excluding carboxylic acids is 1. The van der Waals surface area contributed by atoms with E-state index in [4.69, 9.17) is 0 Å². The van der Waals surface area contributed by atoms with Crippen LogP contribution in [-0.4, -0.2) is 47.8 Å². The highest BCUT2D eigenvalue weighted by Crippen LogP contribution is 2.21. The van der Waals surface area contributed by atoms with E-state index < -0.39 is 10.0 Å². The number of nitrogens with one attached hydrogen (secondary N) is 1. The number of hydrogen-bond acceptors (Lipinski definition) is 4. The summed E-state index contributed by atoms with van der Waals surface area (Å²) in [6, 6.07) is 16.2. The maximum atomic E-state index is 12.6. The quantitative estimate of drug-likeness (QED) is 0.548. The first-order valence-corrected chi connectivity index (χ1v) is 11.9. The smallest absolute Gasteiger partial charge is 0.251 e. The van der Waals surface area contributed by atoms with Crippen LogP contribution in [0.3, 0.4) is 0 Å². The highest BCUT2D eigenvalue weighted by atomic mass is 32.2. The van der Waals surface area contributed by atoms with Gasteiger partial charge in [0, 0.05) is 49.7 Å². The number of rotatable bonds is 8. The Morgan fingerprint density at radius 2 is 1.71 bits per heavy atom. The van der Waals surface area contributed by atoms with E-state index in [2.05, 4.69) is 14.9 Å². The molecule has 1 aliphatic heterocycles. The Bertz CT molecular complexity index is 1120. The molecule has 0 atom stereocenters. The van der Waals surface area contributed by atoms with Crippen molar-refractivity contribution in [1.29, 1.82) is 0 Å². The van der Waals surface area contributed by atoms with Crippen LogP contribution in [0.1, 0.15) is 29.6 Å². The van der Waals surface area contributed by atoms with E-state index in [0.717, 1.165) is 37.2 Å². The predicted molar refractivity (Wildman–Crippen MR) is 119 cm³/mol. The predicted octanol–water partition coefficient (Wildman–Crippen LogP) is 3.15. The van der Waals surface area contributed by atoms with Crippen molar-refractivity contribution in [2.75, 3.05) is 19.6 Å². The summed E-state index contributed by atoms with van der Waals surface area (Å²) in [5, 5.41) is 2.90. The van der Waals surface area contributed by atoms with Gasteiger partial charge in [-0.1, -0.05) is 30.3 Å². The SMILES string of the molecule is O=C(NCCCn1ccnc1-c1ccccc1)c1ccc(S(=O)(=O)N2CCCC2)cc1. The van der Waals surface area contributed by atoms with Gasteiger partial charge in [0.2, 0.25) is 10.0 Å². The van der Waals surface area contributed by atoms with E-state index in [9.17, 15) is 13.2 Å². The fraction of sp³-hybridized carbons (Fsp3) is 0.304. The van der Waals surface area contributed by atoms with Crippen molar-refractivity contribution in [3.8, 4) is 11.4 Å². The first-order valence-electron chi connectivity index (χ1n) is 10.5. The van der Waals surface area contributed by atoms with Crippen molar-refractivity contribution in [2.24, 2.45) is 0 Å². The fourth-order valence-corrected chi connectivity index (χ4v) is 5.26. The van der Waals surface area contributed by atoms with E-state index in [1.807, 2.05) is 36.5 Å². The number of benzene rings is 2. The summed E-state index contributed by atoms with van der Waals surface area (Å²) >= 11 is 0. The number of sulfonamides is 1. The Kier molecular flexibility index (Phi) is 6.48. The molecule has 0 bridgehead atoms. The minimum Gasteiger partial charge on any atom is -0.352 e. The van der Waals surface area contributed by atoms with Gasteiger partial charge < -0.3 is 9.88 Å². The van der Waals surface area contributed by atoms with Crippen LogP contribution in [0.25, 0.3) is 11.4 Å². The second kappa shape index (κ2) is 9.45. The van der Waals surface area contributed by atoms with Gasteiger partial charge in [-0.2, -0.15) is 4.31 Å². The molecule has 3 aromatic rings. The highest BCUT2D eigenvalue weighted by Gasteiger charge is 2.27. The van der Waals surface area contributed by atoms with Crippen molar-refractivity contribution >= 4 is 15.9 Å². The van der Waals surface area contributed by atoms with Gasteiger partial charge >= 0.3 is 0 Å². The number of carbonyl (C=O) groups is 1. The normalized spacial score (nSPS) is 14.6. The minimum atomic E-state index is -3.46. The van der Waals surface area contributed by atoms with E-state index in [1.165, 1.54) is 16.4 Å². The number of aromatic nitrogens is 2. The monoisotopic (exact) mass is 438 g/mol. The summed E-state index contributed by atoms with van der Waals surface area (Å²) in [4.78, 5) is 17.1. The van der Waals surface area contributed by atoms with Gasteiger partial charge in [-0.3, -0.25) is 4.79 Å². The second-order valence-electron chi connectivity index (χ2n) is 7.56. The molecule has 0 unspecified atom stereocenters. The van der Waals surface area contributed by atoms with Crippen LogP contribution < -0.4 is 5.32 Å². The molecule has 0 spiro atoms. The van der Waals surface area contributed by atoms with Gasteiger partial charge in [0.15, 0.2) is 0 Å². The highest BCUT2D eigenvalue weighted by molar-refractivity contribution is 7.89. The van der Waals surface area contributed by atoms with Crippen molar-refractivity contribution in [3.05, 3.63) is 72.6 Å². The summed E-state index contributed by atoms with van der Waals surface area (Å²) < 4.78 is 28.7. The molecule has 1 N–H and O–H groups in total. The maximum absolute atomic E-state index is 12.6. The maximum Gasteiger partial charge on any atom is 0.251 e. The van der Waals surface area contributed by atoms with Gasteiger partial charge in [0.25, 0.3) is 5.91 Å². The summed E-state index contributed by atoms with van der Waals surface area (Å²) in [5.41, 5.74) is 1.51. The molecule has 7 nitrogen and oxygen atoms in total. The molecular weight excluding hydrogens is 412 g/mol. The molecule has 1 aliphatic rings. The lowest BCUT2D eigenvalue weighted by atomic mass is 10.2. The molecule has 162 valence electrons. The van der Waals surface area contributed by atoms with Crippen molar-refractivity contribution in [3.63, 3.8) is 0 Å². The summed E-state index contributed by atoms with van der Waals surface area (Å²) in [5.74, 6) is 0.695. The zero-order valence-electron chi connectivity index (χ0n) is 17.3. The summed E-state index contributed by atoms with van der Waals surface area (Å²) in [7, 11) is -3.46. The molecular formula is C23H26N4O3S. The van der Waals surface area contributed by atoms with Crippen molar-refractivity contribution < 1.29 is 13.2 Å². The molecule has 1 saturated heterocycles. The third kappa shape index (κ3) is 4.86. The van der Waals surface area contributed by atoms with Crippen LogP contribution in [0.4, 0.5) is 0 Å². The molecule has 31 heavy (non-hydrogen) atoms. The fourth-order valence-electron chi connectivity index (χ4n) is 3.75. The Hall–Kier alpha value is -2.97. The standard InChI is InChI=1S/C23H26N4O3S/c28-23(20-9-11-21(12-10-20)31(29,30)27-16-4-5-17-27)25-13-6-15-26-18-14-24-22(26)19-7-2-1-3-8-19/h1-3,7-12,14,18H,4-6,13,15-17H2,(H,25,28). The number of hydrogen-bond donors (Lipinski definition) is 1. The van der Waals surface area contributed by atoms with Gasteiger partial charge in [-0.25, -0.2) is 13.4 Å². The number of nitrogens with zero attached hydrogens (tertiary/aromatic N) is 3. The van der Waals surface area contributed by atoms with Gasteiger partial charge in [-0.15, -0.1) is 0 Å². The number of aryl methyl sites for hydroxylation is 1. The third-order valence-corrected chi connectivity index (χ3v) is 7.34. The number of imidazole rings is 1. The summed E-state index contributed by atoms with van der Waals surface area (Å²) in [6.45, 7) is 2.37. The molecule has 2 aromatic carbocycles. The lowest BCUT2D eigenvalue weighted by Crippen LogP contribution is -2.28. The lowest BCUT2D eigenvalue weighted by molar-refractivity contribution is 0.0952. The molecule has 0 aliphatic carbocycles. The average Bonchev–Trinajstić information content (AvgIpc) is 3.50. The molecule has 8 heteroatoms. The van der Waals surface area contributed by atoms with Gasteiger partial charge in [0.05, 0.1) is 4.90 Å². The molecule has 1 aromatic heterocycles. The Morgan fingerprint density at radius 1 is 1.00 bits per heavy atom. The molecule has 1 amide bonds. The van der Waals surface area contributed by atoms with E-state index >= 15 is 0 Å². The molecule has 4 rings (SSSR count). The van der Waals surface area contributed by atoms with Crippen LogP contribution in [0.15, 0.2) is 71.9 Å². The molecule has 0 radical (unpaired) electrons. The topological polar surface area (TPSA) is 84.3 Å². The largest absolute Gasteiger partial charge is 0.352 e. The van der Waals surface area contributed by atoms with Gasteiger partial charge in [0.1, 0.15) is 5.82 Å². The second-order valence-corrected chi connectivity index (χ2v) is 9.49. The van der Waals surface area contributed by atoms with Crippen LogP contribution in [0, 0.1) is 0 Å². The Labute approximate surface area is 182 Å². The van der Waals surface area contributed by atoms with E-state index in [1.54, 1.807) is 18.3 Å². The van der Waals surface area contributed by atoms with Crippen LogP contribution >= 0.6 is 0 Å². The lowest BCUT2D eigenvalue weighted by Gasteiger charge is -2.15. The van der Waals surface area contributed by atoms with Crippen molar-refractivity contribution in [1.82, 2.24) is 19.2 Å². The zero-order valence-corrected chi connectivity index (χ0v) is 18.1. The Morgan fingerprint density at radius 3 is 2.42 bits per heavy atom. The first-order chi connectivity index (χ1) is 15.1. The molecule has 0 saturated carbocycles. The number of amides is 1.